The maximum absolute atomic E-state index is 11.9. The minimum atomic E-state index is -0.233. The highest BCUT2D eigenvalue weighted by molar-refractivity contribution is 9.10. The number of benzene rings is 2. The van der Waals surface area contributed by atoms with E-state index in [1.165, 1.54) is 0 Å². The third-order valence-corrected chi connectivity index (χ3v) is 3.64. The predicted octanol–water partition coefficient (Wildman–Crippen LogP) is 3.58. The highest BCUT2D eigenvalue weighted by Crippen LogP contribution is 2.18. The molecule has 1 atom stereocenters. The molecule has 2 rings (SSSR count). The fourth-order valence-corrected chi connectivity index (χ4v) is 2.21. The van der Waals surface area contributed by atoms with Gasteiger partial charge in [-0.05, 0) is 36.8 Å². The van der Waals surface area contributed by atoms with E-state index in [-0.39, 0.29) is 18.6 Å². The van der Waals surface area contributed by atoms with E-state index in [4.69, 9.17) is 10.00 Å². The summed E-state index contributed by atoms with van der Waals surface area (Å²) in [4.78, 5) is 11.9. The third-order valence-electron chi connectivity index (χ3n) is 3.11. The number of ether oxygens (including phenoxy) is 1. The first-order valence-electron chi connectivity index (χ1n) is 6.77. The van der Waals surface area contributed by atoms with Crippen molar-refractivity contribution < 1.29 is 9.53 Å². The van der Waals surface area contributed by atoms with Gasteiger partial charge >= 0.3 is 0 Å². The van der Waals surface area contributed by atoms with Gasteiger partial charge in [-0.15, -0.1) is 0 Å². The summed E-state index contributed by atoms with van der Waals surface area (Å²) in [6.45, 7) is 1.78. The monoisotopic (exact) mass is 358 g/mol. The summed E-state index contributed by atoms with van der Waals surface area (Å²) < 4.78 is 6.40. The molecule has 112 valence electrons. The highest BCUT2D eigenvalue weighted by Gasteiger charge is 2.11. The zero-order chi connectivity index (χ0) is 15.9. The van der Waals surface area contributed by atoms with Gasteiger partial charge in [0.2, 0.25) is 0 Å². The van der Waals surface area contributed by atoms with Crippen LogP contribution in [0.25, 0.3) is 0 Å². The average Bonchev–Trinajstić information content (AvgIpc) is 2.53. The van der Waals surface area contributed by atoms with E-state index >= 15 is 0 Å². The lowest BCUT2D eigenvalue weighted by Gasteiger charge is -2.15. The van der Waals surface area contributed by atoms with Gasteiger partial charge in [-0.25, -0.2) is 0 Å². The van der Waals surface area contributed by atoms with Crippen LogP contribution in [-0.4, -0.2) is 12.5 Å². The highest BCUT2D eigenvalue weighted by atomic mass is 79.9. The second-order valence-corrected chi connectivity index (χ2v) is 5.65. The average molecular weight is 359 g/mol. The zero-order valence-electron chi connectivity index (χ0n) is 12.0. The first-order chi connectivity index (χ1) is 10.6. The molecule has 0 aliphatic heterocycles. The molecular weight excluding hydrogens is 344 g/mol. The van der Waals surface area contributed by atoms with Crippen molar-refractivity contribution in [2.24, 2.45) is 0 Å². The number of halogens is 1. The molecule has 1 amide bonds. The minimum absolute atomic E-state index is 0.115. The SMILES string of the molecule is CC(NC(=O)COc1ccccc1C#N)c1ccc(Br)cc1. The second-order valence-electron chi connectivity index (χ2n) is 4.74. The summed E-state index contributed by atoms with van der Waals surface area (Å²) >= 11 is 3.38. The van der Waals surface area contributed by atoms with Crippen LogP contribution in [-0.2, 0) is 4.79 Å². The lowest BCUT2D eigenvalue weighted by atomic mass is 10.1. The molecule has 1 N–H and O–H groups in total. The molecule has 2 aromatic rings. The summed E-state index contributed by atoms with van der Waals surface area (Å²) in [5, 5.41) is 11.8. The fourth-order valence-electron chi connectivity index (χ4n) is 1.95. The van der Waals surface area contributed by atoms with E-state index in [0.29, 0.717) is 11.3 Å². The van der Waals surface area contributed by atoms with E-state index < -0.39 is 0 Å². The van der Waals surface area contributed by atoms with E-state index in [2.05, 4.69) is 21.2 Å². The van der Waals surface area contributed by atoms with E-state index in [1.807, 2.05) is 37.3 Å². The number of nitrogens with one attached hydrogen (secondary N) is 1. The molecule has 0 aliphatic rings. The smallest absolute Gasteiger partial charge is 0.258 e. The van der Waals surface area contributed by atoms with Crippen LogP contribution in [0.4, 0.5) is 0 Å². The number of nitrogens with zero attached hydrogens (tertiary/aromatic N) is 1. The van der Waals surface area contributed by atoms with Gasteiger partial charge in [0.15, 0.2) is 6.61 Å². The van der Waals surface area contributed by atoms with Crippen molar-refractivity contribution in [3.63, 3.8) is 0 Å². The van der Waals surface area contributed by atoms with Crippen LogP contribution in [0.3, 0.4) is 0 Å². The van der Waals surface area contributed by atoms with Crippen molar-refractivity contribution in [1.82, 2.24) is 5.32 Å². The number of para-hydroxylation sites is 1. The Hall–Kier alpha value is -2.32. The fraction of sp³-hybridized carbons (Fsp3) is 0.176. The van der Waals surface area contributed by atoms with Crippen molar-refractivity contribution in [2.75, 3.05) is 6.61 Å². The van der Waals surface area contributed by atoms with E-state index in [0.717, 1.165) is 10.0 Å². The van der Waals surface area contributed by atoms with Gasteiger partial charge in [0, 0.05) is 4.47 Å². The molecule has 0 aliphatic carbocycles. The maximum atomic E-state index is 11.9. The molecule has 0 fully saturated rings. The van der Waals surface area contributed by atoms with Crippen LogP contribution < -0.4 is 10.1 Å². The van der Waals surface area contributed by atoms with Gasteiger partial charge in [0.1, 0.15) is 11.8 Å². The molecule has 0 bridgehead atoms. The van der Waals surface area contributed by atoms with Gasteiger partial charge in [-0.1, -0.05) is 40.2 Å². The molecule has 22 heavy (non-hydrogen) atoms. The Morgan fingerprint density at radius 3 is 2.64 bits per heavy atom. The second kappa shape index (κ2) is 7.62. The van der Waals surface area contributed by atoms with Crippen molar-refractivity contribution in [3.05, 3.63) is 64.1 Å². The lowest BCUT2D eigenvalue weighted by molar-refractivity contribution is -0.123. The molecule has 5 heteroatoms. The number of carbonyl (C=O) groups is 1. The van der Waals surface area contributed by atoms with Gasteiger partial charge in [0.05, 0.1) is 11.6 Å². The Morgan fingerprint density at radius 2 is 1.95 bits per heavy atom. The standard InChI is InChI=1S/C17H15BrN2O2/c1-12(13-6-8-15(18)9-7-13)20-17(21)11-22-16-5-3-2-4-14(16)10-19/h2-9,12H,11H2,1H3,(H,20,21). The van der Waals surface area contributed by atoms with Crippen LogP contribution in [0, 0.1) is 11.3 Å². The summed E-state index contributed by atoms with van der Waals surface area (Å²) in [7, 11) is 0. The third kappa shape index (κ3) is 4.34. The molecule has 2 aromatic carbocycles. The maximum Gasteiger partial charge on any atom is 0.258 e. The number of amides is 1. The van der Waals surface area contributed by atoms with Crippen molar-refractivity contribution >= 4 is 21.8 Å². The lowest BCUT2D eigenvalue weighted by Crippen LogP contribution is -2.31. The van der Waals surface area contributed by atoms with Gasteiger partial charge in [-0.2, -0.15) is 5.26 Å². The summed E-state index contributed by atoms with van der Waals surface area (Å²) in [6, 6.07) is 16.5. The number of hydrogen-bond acceptors (Lipinski definition) is 3. The normalized spacial score (nSPS) is 11.3. The predicted molar refractivity (Wildman–Crippen MR) is 87.4 cm³/mol. The summed E-state index contributed by atoms with van der Waals surface area (Å²) in [5.41, 5.74) is 1.42. The van der Waals surface area contributed by atoms with Crippen LogP contribution in [0.15, 0.2) is 53.0 Å². The van der Waals surface area contributed by atoms with Crippen molar-refractivity contribution in [2.45, 2.75) is 13.0 Å². The van der Waals surface area contributed by atoms with Gasteiger partial charge < -0.3 is 10.1 Å². The largest absolute Gasteiger partial charge is 0.482 e. The molecule has 0 spiro atoms. The number of rotatable bonds is 5. The van der Waals surface area contributed by atoms with Gasteiger partial charge in [-0.3, -0.25) is 4.79 Å². The number of nitriles is 1. The van der Waals surface area contributed by atoms with E-state index in [1.54, 1.807) is 24.3 Å². The molecule has 0 saturated heterocycles. The Balaban J connectivity index is 1.90. The number of hydrogen-bond donors (Lipinski definition) is 1. The van der Waals surface area contributed by atoms with Crippen molar-refractivity contribution in [3.8, 4) is 11.8 Å². The Labute approximate surface area is 137 Å². The molecule has 0 heterocycles. The zero-order valence-corrected chi connectivity index (χ0v) is 13.6. The molecule has 1 unspecified atom stereocenters. The Morgan fingerprint density at radius 1 is 1.27 bits per heavy atom. The minimum Gasteiger partial charge on any atom is -0.482 e. The Kier molecular flexibility index (Phi) is 5.56. The molecule has 4 nitrogen and oxygen atoms in total. The van der Waals surface area contributed by atoms with Crippen LogP contribution in [0.2, 0.25) is 0 Å². The summed E-state index contributed by atoms with van der Waals surface area (Å²) in [6.07, 6.45) is 0. The Bertz CT molecular complexity index is 693. The molecule has 0 saturated carbocycles. The molecule has 0 aromatic heterocycles. The first-order valence-corrected chi connectivity index (χ1v) is 7.56. The quantitative estimate of drug-likeness (QED) is 0.888. The molecule has 0 radical (unpaired) electrons. The van der Waals surface area contributed by atoms with Crippen molar-refractivity contribution in [1.29, 1.82) is 5.26 Å². The van der Waals surface area contributed by atoms with Gasteiger partial charge in [0.25, 0.3) is 5.91 Å². The molecular formula is C17H15BrN2O2. The first kappa shape index (κ1) is 16.1. The topological polar surface area (TPSA) is 62.1 Å². The van der Waals surface area contributed by atoms with E-state index in [9.17, 15) is 4.79 Å². The van der Waals surface area contributed by atoms with Crippen LogP contribution >= 0.6 is 15.9 Å². The number of carbonyl (C=O) groups excluding carboxylic acids is 1. The van der Waals surface area contributed by atoms with Crippen LogP contribution in [0.5, 0.6) is 5.75 Å². The summed E-state index contributed by atoms with van der Waals surface area (Å²) in [5.74, 6) is 0.180. The van der Waals surface area contributed by atoms with Crippen LogP contribution in [0.1, 0.15) is 24.1 Å².